The highest BCUT2D eigenvalue weighted by Gasteiger charge is 2.29. The fourth-order valence-corrected chi connectivity index (χ4v) is 3.60. The van der Waals surface area contributed by atoms with E-state index in [0.717, 1.165) is 31.6 Å². The lowest BCUT2D eigenvalue weighted by Gasteiger charge is -2.23. The number of amides is 1. The van der Waals surface area contributed by atoms with Crippen molar-refractivity contribution in [2.75, 3.05) is 13.1 Å². The molecule has 0 aromatic heterocycles. The first kappa shape index (κ1) is 16.3. The Morgan fingerprint density at radius 1 is 1.17 bits per heavy atom. The average Bonchev–Trinajstić information content (AvgIpc) is 3.06. The summed E-state index contributed by atoms with van der Waals surface area (Å²) in [7, 11) is 0. The highest BCUT2D eigenvalue weighted by Crippen LogP contribution is 2.25. The number of carbonyl (C=O) groups is 1. The predicted molar refractivity (Wildman–Crippen MR) is 89.6 cm³/mol. The van der Waals surface area contributed by atoms with E-state index in [4.69, 9.17) is 4.74 Å². The van der Waals surface area contributed by atoms with Crippen molar-refractivity contribution in [3.63, 3.8) is 0 Å². The van der Waals surface area contributed by atoms with Gasteiger partial charge in [0.2, 0.25) is 0 Å². The maximum absolute atomic E-state index is 12.5. The number of ether oxygens (including phenoxy) is 1. The zero-order chi connectivity index (χ0) is 16.2. The van der Waals surface area contributed by atoms with Gasteiger partial charge in [0.1, 0.15) is 5.75 Å². The van der Waals surface area contributed by atoms with Crippen molar-refractivity contribution in [1.29, 1.82) is 0 Å². The number of aliphatic hydroxyl groups is 1. The molecule has 0 spiro atoms. The molecular weight excluding hydrogens is 290 g/mol. The minimum absolute atomic E-state index is 0.0531. The molecule has 0 radical (unpaired) electrons. The van der Waals surface area contributed by atoms with E-state index in [-0.39, 0.29) is 17.9 Å². The molecule has 1 aromatic rings. The number of rotatable bonds is 4. The zero-order valence-corrected chi connectivity index (χ0v) is 13.9. The van der Waals surface area contributed by atoms with E-state index in [2.05, 4.69) is 0 Å². The molecule has 4 heteroatoms. The van der Waals surface area contributed by atoms with Gasteiger partial charge in [-0.05, 0) is 63.3 Å². The van der Waals surface area contributed by atoms with Crippen molar-refractivity contribution in [1.82, 2.24) is 4.90 Å². The molecule has 1 N–H and O–H groups in total. The first-order valence-corrected chi connectivity index (χ1v) is 8.87. The molecule has 23 heavy (non-hydrogen) atoms. The zero-order valence-electron chi connectivity index (χ0n) is 13.9. The molecule has 1 saturated heterocycles. The Hall–Kier alpha value is -1.55. The van der Waals surface area contributed by atoms with E-state index < -0.39 is 0 Å². The summed E-state index contributed by atoms with van der Waals surface area (Å²) in [5.74, 6) is 1.11. The second-order valence-electron chi connectivity index (χ2n) is 6.94. The van der Waals surface area contributed by atoms with E-state index >= 15 is 0 Å². The van der Waals surface area contributed by atoms with Gasteiger partial charge in [-0.3, -0.25) is 4.79 Å². The normalized spacial score (nSPS) is 23.7. The Bertz CT molecular complexity index is 520. The van der Waals surface area contributed by atoms with Crippen LogP contribution < -0.4 is 4.74 Å². The molecule has 1 amide bonds. The molecule has 1 aliphatic carbocycles. The largest absolute Gasteiger partial charge is 0.490 e. The predicted octanol–water partition coefficient (Wildman–Crippen LogP) is 3.24. The van der Waals surface area contributed by atoms with Gasteiger partial charge in [-0.25, -0.2) is 0 Å². The van der Waals surface area contributed by atoms with Gasteiger partial charge in [-0.15, -0.1) is 0 Å². The lowest BCUT2D eigenvalue weighted by Crippen LogP contribution is -2.30. The molecular formula is C19H27NO3. The lowest BCUT2D eigenvalue weighted by atomic mass is 9.98. The molecule has 126 valence electrons. The molecule has 1 saturated carbocycles. The minimum Gasteiger partial charge on any atom is -0.490 e. The van der Waals surface area contributed by atoms with Crippen LogP contribution in [0.2, 0.25) is 0 Å². The standard InChI is InChI=1S/C19H27NO3/c1-14(21)16-11-12-20(13-16)19(22)15-7-9-18(10-8-15)23-17-5-3-2-4-6-17/h7-10,14,16-17,21H,2-6,11-13H2,1H3. The number of hydrogen-bond acceptors (Lipinski definition) is 3. The number of nitrogens with zero attached hydrogens (tertiary/aromatic N) is 1. The van der Waals surface area contributed by atoms with Gasteiger partial charge < -0.3 is 14.7 Å². The molecule has 2 fully saturated rings. The Labute approximate surface area is 138 Å². The lowest BCUT2D eigenvalue weighted by molar-refractivity contribution is 0.0762. The van der Waals surface area contributed by atoms with Crippen molar-refractivity contribution in [3.05, 3.63) is 29.8 Å². The van der Waals surface area contributed by atoms with E-state index in [1.54, 1.807) is 6.92 Å². The van der Waals surface area contributed by atoms with Crippen molar-refractivity contribution in [2.24, 2.45) is 5.92 Å². The fraction of sp³-hybridized carbons (Fsp3) is 0.632. The number of carbonyl (C=O) groups excluding carboxylic acids is 1. The summed E-state index contributed by atoms with van der Waals surface area (Å²) in [6.07, 6.45) is 6.95. The van der Waals surface area contributed by atoms with Crippen LogP contribution >= 0.6 is 0 Å². The Morgan fingerprint density at radius 2 is 1.87 bits per heavy atom. The van der Waals surface area contributed by atoms with Crippen LogP contribution in [0.15, 0.2) is 24.3 Å². The van der Waals surface area contributed by atoms with Gasteiger partial charge in [-0.2, -0.15) is 0 Å². The van der Waals surface area contributed by atoms with Crippen molar-refractivity contribution in [3.8, 4) is 5.75 Å². The maximum Gasteiger partial charge on any atom is 0.253 e. The summed E-state index contributed by atoms with van der Waals surface area (Å²) in [5.41, 5.74) is 0.701. The molecule has 1 aliphatic heterocycles. The monoisotopic (exact) mass is 317 g/mol. The summed E-state index contributed by atoms with van der Waals surface area (Å²) >= 11 is 0. The third-order valence-corrected chi connectivity index (χ3v) is 5.15. The first-order valence-electron chi connectivity index (χ1n) is 8.87. The van der Waals surface area contributed by atoms with E-state index in [0.29, 0.717) is 18.2 Å². The molecule has 2 aliphatic rings. The minimum atomic E-state index is -0.348. The van der Waals surface area contributed by atoms with Crippen LogP contribution in [-0.4, -0.2) is 41.2 Å². The van der Waals surface area contributed by atoms with Crippen molar-refractivity contribution < 1.29 is 14.6 Å². The molecule has 1 heterocycles. The van der Waals surface area contributed by atoms with E-state index in [1.165, 1.54) is 19.3 Å². The van der Waals surface area contributed by atoms with Crippen LogP contribution in [0.1, 0.15) is 55.8 Å². The van der Waals surface area contributed by atoms with Crippen LogP contribution in [0.5, 0.6) is 5.75 Å². The average molecular weight is 317 g/mol. The SMILES string of the molecule is CC(O)C1CCN(C(=O)c2ccc(OC3CCCCC3)cc2)C1. The maximum atomic E-state index is 12.5. The van der Waals surface area contributed by atoms with Gasteiger partial charge in [0.05, 0.1) is 12.2 Å². The van der Waals surface area contributed by atoms with Gasteiger partial charge in [0.25, 0.3) is 5.91 Å². The Balaban J connectivity index is 1.57. The van der Waals surface area contributed by atoms with Crippen molar-refractivity contribution >= 4 is 5.91 Å². The third kappa shape index (κ3) is 4.05. The summed E-state index contributed by atoms with van der Waals surface area (Å²) in [6.45, 7) is 3.18. The van der Waals surface area contributed by atoms with Crippen molar-refractivity contribution in [2.45, 2.75) is 57.7 Å². The molecule has 3 rings (SSSR count). The van der Waals surface area contributed by atoms with Gasteiger partial charge >= 0.3 is 0 Å². The highest BCUT2D eigenvalue weighted by molar-refractivity contribution is 5.94. The topological polar surface area (TPSA) is 49.8 Å². The van der Waals surface area contributed by atoms with Crippen LogP contribution in [0, 0.1) is 5.92 Å². The van der Waals surface area contributed by atoms with Gasteiger partial charge in [-0.1, -0.05) is 6.42 Å². The first-order chi connectivity index (χ1) is 11.1. The third-order valence-electron chi connectivity index (χ3n) is 5.15. The van der Waals surface area contributed by atoms with Crippen LogP contribution in [0.25, 0.3) is 0 Å². The number of aliphatic hydroxyl groups excluding tert-OH is 1. The van der Waals surface area contributed by atoms with Crippen LogP contribution in [0.3, 0.4) is 0 Å². The number of likely N-dealkylation sites (tertiary alicyclic amines) is 1. The summed E-state index contributed by atoms with van der Waals surface area (Å²) in [4.78, 5) is 14.4. The number of hydrogen-bond donors (Lipinski definition) is 1. The molecule has 2 atom stereocenters. The second-order valence-corrected chi connectivity index (χ2v) is 6.94. The molecule has 1 aromatic carbocycles. The van der Waals surface area contributed by atoms with Gasteiger partial charge in [0.15, 0.2) is 0 Å². The quantitative estimate of drug-likeness (QED) is 0.927. The molecule has 0 bridgehead atoms. The summed E-state index contributed by atoms with van der Waals surface area (Å²) in [6, 6.07) is 7.53. The molecule has 4 nitrogen and oxygen atoms in total. The summed E-state index contributed by atoms with van der Waals surface area (Å²) in [5, 5.41) is 9.66. The fourth-order valence-electron chi connectivity index (χ4n) is 3.60. The van der Waals surface area contributed by atoms with E-state index in [1.807, 2.05) is 29.2 Å². The smallest absolute Gasteiger partial charge is 0.253 e. The Morgan fingerprint density at radius 3 is 2.48 bits per heavy atom. The highest BCUT2D eigenvalue weighted by atomic mass is 16.5. The van der Waals surface area contributed by atoms with Crippen LogP contribution in [-0.2, 0) is 0 Å². The molecule has 2 unspecified atom stereocenters. The van der Waals surface area contributed by atoms with E-state index in [9.17, 15) is 9.90 Å². The summed E-state index contributed by atoms with van der Waals surface area (Å²) < 4.78 is 6.01. The Kier molecular flexibility index (Phi) is 5.21. The van der Waals surface area contributed by atoms with Gasteiger partial charge in [0, 0.05) is 24.6 Å². The van der Waals surface area contributed by atoms with Crippen LogP contribution in [0.4, 0.5) is 0 Å². The number of benzene rings is 1. The second kappa shape index (κ2) is 7.35.